The monoisotopic (exact) mass is 273 g/mol. The van der Waals surface area contributed by atoms with E-state index in [1.54, 1.807) is 0 Å². The van der Waals surface area contributed by atoms with Gasteiger partial charge in [-0.2, -0.15) is 0 Å². The van der Waals surface area contributed by atoms with Gasteiger partial charge in [-0.25, -0.2) is 0 Å². The highest BCUT2D eigenvalue weighted by atomic mass is 127. The van der Waals surface area contributed by atoms with E-state index in [-0.39, 0.29) is 6.04 Å². The van der Waals surface area contributed by atoms with Crippen LogP contribution in [-0.4, -0.2) is 0 Å². The number of nitrogens with two attached hydrogens (primary N) is 1. The first-order valence-corrected chi connectivity index (χ1v) is 5.39. The van der Waals surface area contributed by atoms with E-state index in [4.69, 9.17) is 5.73 Å². The fourth-order valence-corrected chi connectivity index (χ4v) is 2.32. The Morgan fingerprint density at radius 3 is 3.08 bits per heavy atom. The summed E-state index contributed by atoms with van der Waals surface area (Å²) in [6.07, 6.45) is 3.60. The predicted octanol–water partition coefficient (Wildman–Crippen LogP) is 2.63. The number of benzene rings is 1. The van der Waals surface area contributed by atoms with Gasteiger partial charge < -0.3 is 5.73 Å². The average molecular weight is 273 g/mol. The van der Waals surface area contributed by atoms with Crippen molar-refractivity contribution in [2.45, 2.75) is 25.3 Å². The minimum absolute atomic E-state index is 0.281. The van der Waals surface area contributed by atoms with Gasteiger partial charge in [-0.15, -0.1) is 0 Å². The van der Waals surface area contributed by atoms with Crippen LogP contribution in [0.2, 0.25) is 0 Å². The number of aryl methyl sites for hydroxylation is 1. The molecule has 0 fully saturated rings. The minimum Gasteiger partial charge on any atom is -0.324 e. The molecule has 1 unspecified atom stereocenters. The Morgan fingerprint density at radius 2 is 2.25 bits per heavy atom. The molecule has 1 atom stereocenters. The zero-order chi connectivity index (χ0) is 8.55. The van der Waals surface area contributed by atoms with E-state index in [1.807, 2.05) is 0 Å². The van der Waals surface area contributed by atoms with Crippen LogP contribution in [0.4, 0.5) is 0 Å². The molecule has 1 aliphatic rings. The maximum absolute atomic E-state index is 6.01. The van der Waals surface area contributed by atoms with Gasteiger partial charge in [0.2, 0.25) is 0 Å². The lowest BCUT2D eigenvalue weighted by Gasteiger charge is -2.22. The van der Waals surface area contributed by atoms with Gasteiger partial charge in [0.1, 0.15) is 0 Å². The van der Waals surface area contributed by atoms with E-state index >= 15 is 0 Å². The molecule has 1 aliphatic carbocycles. The SMILES string of the molecule is NC1CCCc2ccc(I)cc21. The van der Waals surface area contributed by atoms with Crippen LogP contribution in [0.15, 0.2) is 18.2 Å². The van der Waals surface area contributed by atoms with Crippen LogP contribution in [-0.2, 0) is 6.42 Å². The summed E-state index contributed by atoms with van der Waals surface area (Å²) in [4.78, 5) is 0. The molecule has 12 heavy (non-hydrogen) atoms. The maximum atomic E-state index is 6.01. The van der Waals surface area contributed by atoms with Crippen molar-refractivity contribution in [3.63, 3.8) is 0 Å². The zero-order valence-corrected chi connectivity index (χ0v) is 9.04. The summed E-state index contributed by atoms with van der Waals surface area (Å²) >= 11 is 2.34. The average Bonchev–Trinajstić information content (AvgIpc) is 2.07. The van der Waals surface area contributed by atoms with Gasteiger partial charge in [-0.05, 0) is 65.1 Å². The molecular formula is C10H12IN. The lowest BCUT2D eigenvalue weighted by atomic mass is 9.88. The van der Waals surface area contributed by atoms with Crippen LogP contribution in [0.1, 0.15) is 30.0 Å². The van der Waals surface area contributed by atoms with Crippen molar-refractivity contribution in [1.29, 1.82) is 0 Å². The first-order chi connectivity index (χ1) is 5.77. The Bertz CT molecular complexity index is 296. The molecule has 1 nitrogen and oxygen atoms in total. The fourth-order valence-electron chi connectivity index (χ4n) is 1.81. The van der Waals surface area contributed by atoms with Gasteiger partial charge in [0.15, 0.2) is 0 Å². The summed E-state index contributed by atoms with van der Waals surface area (Å²) in [5, 5.41) is 0. The molecule has 0 aliphatic heterocycles. The third-order valence-corrected chi connectivity index (χ3v) is 3.14. The Morgan fingerprint density at radius 1 is 1.42 bits per heavy atom. The highest BCUT2D eigenvalue weighted by molar-refractivity contribution is 14.1. The Balaban J connectivity index is 2.47. The van der Waals surface area contributed by atoms with Gasteiger partial charge >= 0.3 is 0 Å². The molecule has 64 valence electrons. The smallest absolute Gasteiger partial charge is 0.0298 e. The third-order valence-electron chi connectivity index (χ3n) is 2.47. The number of fused-ring (bicyclic) bond motifs is 1. The topological polar surface area (TPSA) is 26.0 Å². The van der Waals surface area contributed by atoms with Crippen molar-refractivity contribution in [1.82, 2.24) is 0 Å². The molecule has 1 aromatic rings. The van der Waals surface area contributed by atoms with E-state index < -0.39 is 0 Å². The van der Waals surface area contributed by atoms with E-state index in [2.05, 4.69) is 40.8 Å². The summed E-state index contributed by atoms with van der Waals surface area (Å²) in [7, 11) is 0. The van der Waals surface area contributed by atoms with E-state index in [9.17, 15) is 0 Å². The molecular weight excluding hydrogens is 261 g/mol. The predicted molar refractivity (Wildman–Crippen MR) is 59.0 cm³/mol. The first kappa shape index (κ1) is 8.51. The number of hydrogen-bond acceptors (Lipinski definition) is 1. The maximum Gasteiger partial charge on any atom is 0.0298 e. The normalized spacial score (nSPS) is 22.0. The van der Waals surface area contributed by atoms with Gasteiger partial charge in [0.05, 0.1) is 0 Å². The van der Waals surface area contributed by atoms with Gasteiger partial charge in [0, 0.05) is 9.61 Å². The van der Waals surface area contributed by atoms with Crippen molar-refractivity contribution >= 4 is 22.6 Å². The lowest BCUT2D eigenvalue weighted by molar-refractivity contribution is 0.570. The Labute approximate surface area is 86.5 Å². The summed E-state index contributed by atoms with van der Waals surface area (Å²) in [6, 6.07) is 6.89. The molecule has 0 aromatic heterocycles. The van der Waals surface area contributed by atoms with Crippen molar-refractivity contribution < 1.29 is 0 Å². The molecule has 0 amide bonds. The fraction of sp³-hybridized carbons (Fsp3) is 0.400. The first-order valence-electron chi connectivity index (χ1n) is 4.31. The zero-order valence-electron chi connectivity index (χ0n) is 6.89. The molecule has 2 heteroatoms. The minimum atomic E-state index is 0.281. The van der Waals surface area contributed by atoms with E-state index in [0.29, 0.717) is 0 Å². The highest BCUT2D eigenvalue weighted by Gasteiger charge is 2.15. The number of halogens is 1. The number of rotatable bonds is 0. The van der Waals surface area contributed by atoms with Gasteiger partial charge in [0.25, 0.3) is 0 Å². The summed E-state index contributed by atoms with van der Waals surface area (Å²) in [6.45, 7) is 0. The molecule has 0 saturated heterocycles. The van der Waals surface area contributed by atoms with Crippen LogP contribution in [0.3, 0.4) is 0 Å². The molecule has 0 saturated carbocycles. The second kappa shape index (κ2) is 3.34. The molecule has 0 bridgehead atoms. The molecule has 1 aromatic carbocycles. The quantitative estimate of drug-likeness (QED) is 0.722. The van der Waals surface area contributed by atoms with E-state index in [0.717, 1.165) is 6.42 Å². The van der Waals surface area contributed by atoms with Crippen molar-refractivity contribution in [2.24, 2.45) is 5.73 Å². The van der Waals surface area contributed by atoms with Crippen LogP contribution in [0, 0.1) is 3.57 Å². The van der Waals surface area contributed by atoms with Crippen LogP contribution in [0.5, 0.6) is 0 Å². The summed E-state index contributed by atoms with van der Waals surface area (Å²) in [5.74, 6) is 0. The molecule has 0 spiro atoms. The largest absolute Gasteiger partial charge is 0.324 e. The van der Waals surface area contributed by atoms with Crippen molar-refractivity contribution in [2.75, 3.05) is 0 Å². The highest BCUT2D eigenvalue weighted by Crippen LogP contribution is 2.28. The second-order valence-electron chi connectivity index (χ2n) is 3.34. The molecule has 2 rings (SSSR count). The van der Waals surface area contributed by atoms with Crippen LogP contribution in [0.25, 0.3) is 0 Å². The summed E-state index contributed by atoms with van der Waals surface area (Å²) < 4.78 is 1.30. The van der Waals surface area contributed by atoms with Gasteiger partial charge in [-0.3, -0.25) is 0 Å². The van der Waals surface area contributed by atoms with Gasteiger partial charge in [-0.1, -0.05) is 6.07 Å². The molecule has 0 radical (unpaired) electrons. The Hall–Kier alpha value is -0.0900. The standard InChI is InChI=1S/C10H12IN/c11-8-5-4-7-2-1-3-10(12)9(7)6-8/h4-6,10H,1-3,12H2. The summed E-state index contributed by atoms with van der Waals surface area (Å²) in [5.41, 5.74) is 8.83. The third kappa shape index (κ3) is 1.50. The Kier molecular flexibility index (Phi) is 2.37. The second-order valence-corrected chi connectivity index (χ2v) is 4.59. The molecule has 0 heterocycles. The van der Waals surface area contributed by atoms with Crippen LogP contribution < -0.4 is 5.73 Å². The molecule has 2 N–H and O–H groups in total. The lowest BCUT2D eigenvalue weighted by Crippen LogP contribution is -2.17. The van der Waals surface area contributed by atoms with Crippen molar-refractivity contribution in [3.8, 4) is 0 Å². The van der Waals surface area contributed by atoms with E-state index in [1.165, 1.54) is 27.5 Å². The van der Waals surface area contributed by atoms with Crippen molar-refractivity contribution in [3.05, 3.63) is 32.9 Å². The number of hydrogen-bond donors (Lipinski definition) is 1. The van der Waals surface area contributed by atoms with Crippen LogP contribution >= 0.6 is 22.6 Å².